The lowest BCUT2D eigenvalue weighted by atomic mass is 10.1. The minimum absolute atomic E-state index is 0.126. The maximum absolute atomic E-state index is 9.05. The number of aliphatic hydroxyl groups is 1. The fraction of sp³-hybridized carbons (Fsp3) is 0.714. The molecule has 0 aliphatic rings. The fourth-order valence-electron chi connectivity index (χ4n) is 1.49. The standard InChI is InChI=1S/C14H26O/c1-3-4-5-6-7-8-9-10-11-12-13-14(2)15/h3,7-8,14-15H,1,4-6,9-13H2,2H3. The first kappa shape index (κ1) is 14.4. The molecule has 0 aromatic carbocycles. The largest absolute Gasteiger partial charge is 0.393 e. The van der Waals surface area contributed by atoms with Crippen molar-refractivity contribution in [3.8, 4) is 0 Å². The van der Waals surface area contributed by atoms with Crippen LogP contribution in [0.2, 0.25) is 0 Å². The van der Waals surface area contributed by atoms with Gasteiger partial charge in [-0.15, -0.1) is 6.58 Å². The van der Waals surface area contributed by atoms with Crippen LogP contribution in [0.1, 0.15) is 58.3 Å². The molecule has 0 heterocycles. The molecule has 0 saturated heterocycles. The monoisotopic (exact) mass is 210 g/mol. The Hall–Kier alpha value is -0.560. The minimum atomic E-state index is -0.126. The lowest BCUT2D eigenvalue weighted by Gasteiger charge is -2.01. The molecule has 0 aliphatic heterocycles. The van der Waals surface area contributed by atoms with Crippen LogP contribution in [0.5, 0.6) is 0 Å². The number of allylic oxidation sites excluding steroid dienone is 3. The van der Waals surface area contributed by atoms with Crippen molar-refractivity contribution in [1.82, 2.24) is 0 Å². The molecule has 0 fully saturated rings. The van der Waals surface area contributed by atoms with Gasteiger partial charge in [0.25, 0.3) is 0 Å². The van der Waals surface area contributed by atoms with Gasteiger partial charge in [0.15, 0.2) is 0 Å². The van der Waals surface area contributed by atoms with Crippen LogP contribution in [0.4, 0.5) is 0 Å². The van der Waals surface area contributed by atoms with Crippen LogP contribution < -0.4 is 0 Å². The molecule has 0 bridgehead atoms. The normalized spacial score (nSPS) is 13.2. The second-order valence-corrected chi connectivity index (χ2v) is 4.18. The van der Waals surface area contributed by atoms with Crippen molar-refractivity contribution in [2.24, 2.45) is 0 Å². The van der Waals surface area contributed by atoms with E-state index in [4.69, 9.17) is 5.11 Å². The first-order valence-electron chi connectivity index (χ1n) is 6.21. The number of rotatable bonds is 10. The minimum Gasteiger partial charge on any atom is -0.393 e. The van der Waals surface area contributed by atoms with Gasteiger partial charge in [0, 0.05) is 0 Å². The number of hydrogen-bond acceptors (Lipinski definition) is 1. The van der Waals surface area contributed by atoms with Crippen molar-refractivity contribution < 1.29 is 5.11 Å². The zero-order valence-corrected chi connectivity index (χ0v) is 10.1. The van der Waals surface area contributed by atoms with E-state index in [1.165, 1.54) is 32.1 Å². The highest BCUT2D eigenvalue weighted by Gasteiger charge is 1.94. The molecule has 0 aromatic heterocycles. The summed E-state index contributed by atoms with van der Waals surface area (Å²) in [6, 6.07) is 0. The predicted octanol–water partition coefficient (Wildman–Crippen LogP) is 4.23. The molecule has 1 nitrogen and oxygen atoms in total. The van der Waals surface area contributed by atoms with E-state index in [1.807, 2.05) is 13.0 Å². The van der Waals surface area contributed by atoms with E-state index >= 15 is 0 Å². The van der Waals surface area contributed by atoms with Gasteiger partial charge < -0.3 is 5.11 Å². The molecule has 1 heteroatoms. The van der Waals surface area contributed by atoms with Crippen molar-refractivity contribution in [1.29, 1.82) is 0 Å². The van der Waals surface area contributed by atoms with Gasteiger partial charge in [-0.25, -0.2) is 0 Å². The first-order chi connectivity index (χ1) is 7.27. The van der Waals surface area contributed by atoms with Crippen LogP contribution in [-0.4, -0.2) is 11.2 Å². The highest BCUT2D eigenvalue weighted by atomic mass is 16.3. The lowest BCUT2D eigenvalue weighted by molar-refractivity contribution is 0.180. The third kappa shape index (κ3) is 13.4. The SMILES string of the molecule is C=CCCCC=CCCCCCC(C)O. The molecular formula is C14H26O. The molecular weight excluding hydrogens is 184 g/mol. The van der Waals surface area contributed by atoms with Crippen LogP contribution in [0.3, 0.4) is 0 Å². The number of aliphatic hydroxyl groups excluding tert-OH is 1. The Balaban J connectivity index is 3.06. The van der Waals surface area contributed by atoms with Crippen molar-refractivity contribution in [2.45, 2.75) is 64.4 Å². The lowest BCUT2D eigenvalue weighted by Crippen LogP contribution is -1.97. The van der Waals surface area contributed by atoms with E-state index in [1.54, 1.807) is 0 Å². The van der Waals surface area contributed by atoms with E-state index in [2.05, 4.69) is 18.7 Å². The molecule has 1 atom stereocenters. The van der Waals surface area contributed by atoms with Crippen LogP contribution in [0, 0.1) is 0 Å². The molecule has 0 radical (unpaired) electrons. The summed E-state index contributed by atoms with van der Waals surface area (Å²) < 4.78 is 0. The van der Waals surface area contributed by atoms with Crippen molar-refractivity contribution in [3.05, 3.63) is 24.8 Å². The topological polar surface area (TPSA) is 20.2 Å². The van der Waals surface area contributed by atoms with Crippen LogP contribution >= 0.6 is 0 Å². The molecule has 88 valence electrons. The van der Waals surface area contributed by atoms with E-state index in [-0.39, 0.29) is 6.10 Å². The maximum Gasteiger partial charge on any atom is 0.0512 e. The van der Waals surface area contributed by atoms with Crippen LogP contribution in [0.25, 0.3) is 0 Å². The van der Waals surface area contributed by atoms with Crippen LogP contribution in [-0.2, 0) is 0 Å². The van der Waals surface area contributed by atoms with E-state index in [0.717, 1.165) is 19.3 Å². The Labute approximate surface area is 94.9 Å². The number of hydrogen-bond donors (Lipinski definition) is 1. The second-order valence-electron chi connectivity index (χ2n) is 4.18. The predicted molar refractivity (Wildman–Crippen MR) is 68.0 cm³/mol. The van der Waals surface area contributed by atoms with E-state index in [0.29, 0.717) is 0 Å². The Morgan fingerprint density at radius 3 is 2.27 bits per heavy atom. The first-order valence-corrected chi connectivity index (χ1v) is 6.21. The molecule has 15 heavy (non-hydrogen) atoms. The van der Waals surface area contributed by atoms with Gasteiger partial charge in [-0.1, -0.05) is 31.1 Å². The zero-order chi connectivity index (χ0) is 11.4. The van der Waals surface area contributed by atoms with Crippen LogP contribution in [0.15, 0.2) is 24.8 Å². The van der Waals surface area contributed by atoms with Gasteiger partial charge in [0.2, 0.25) is 0 Å². The molecule has 0 aliphatic carbocycles. The van der Waals surface area contributed by atoms with Gasteiger partial charge in [0.05, 0.1) is 6.10 Å². The van der Waals surface area contributed by atoms with Crippen molar-refractivity contribution in [2.75, 3.05) is 0 Å². The van der Waals surface area contributed by atoms with Gasteiger partial charge >= 0.3 is 0 Å². The van der Waals surface area contributed by atoms with Gasteiger partial charge in [-0.05, 0) is 45.4 Å². The summed E-state index contributed by atoms with van der Waals surface area (Å²) in [4.78, 5) is 0. The Morgan fingerprint density at radius 1 is 1.00 bits per heavy atom. The zero-order valence-electron chi connectivity index (χ0n) is 10.1. The van der Waals surface area contributed by atoms with Gasteiger partial charge in [-0.3, -0.25) is 0 Å². The summed E-state index contributed by atoms with van der Waals surface area (Å²) in [5, 5.41) is 9.05. The quantitative estimate of drug-likeness (QED) is 0.422. The smallest absolute Gasteiger partial charge is 0.0512 e. The summed E-state index contributed by atoms with van der Waals surface area (Å²) in [6.45, 7) is 5.56. The summed E-state index contributed by atoms with van der Waals surface area (Å²) in [5.41, 5.74) is 0. The molecule has 0 spiro atoms. The molecule has 0 rings (SSSR count). The molecule has 0 amide bonds. The Morgan fingerprint density at radius 2 is 1.67 bits per heavy atom. The third-order valence-electron chi connectivity index (χ3n) is 2.44. The van der Waals surface area contributed by atoms with E-state index < -0.39 is 0 Å². The average molecular weight is 210 g/mol. The Kier molecular flexibility index (Phi) is 11.1. The molecule has 0 saturated carbocycles. The Bertz CT molecular complexity index is 159. The third-order valence-corrected chi connectivity index (χ3v) is 2.44. The molecule has 1 unspecified atom stereocenters. The summed E-state index contributed by atoms with van der Waals surface area (Å²) in [5.74, 6) is 0. The highest BCUT2D eigenvalue weighted by molar-refractivity contribution is 4.82. The van der Waals surface area contributed by atoms with Crippen molar-refractivity contribution >= 4 is 0 Å². The average Bonchev–Trinajstić information content (AvgIpc) is 2.20. The molecule has 0 aromatic rings. The van der Waals surface area contributed by atoms with Crippen molar-refractivity contribution in [3.63, 3.8) is 0 Å². The number of unbranched alkanes of at least 4 members (excludes halogenated alkanes) is 5. The summed E-state index contributed by atoms with van der Waals surface area (Å²) >= 11 is 0. The van der Waals surface area contributed by atoms with Gasteiger partial charge in [-0.2, -0.15) is 0 Å². The van der Waals surface area contributed by atoms with Gasteiger partial charge in [0.1, 0.15) is 0 Å². The summed E-state index contributed by atoms with van der Waals surface area (Å²) in [7, 11) is 0. The second kappa shape index (κ2) is 11.5. The highest BCUT2D eigenvalue weighted by Crippen LogP contribution is 2.06. The van der Waals surface area contributed by atoms with E-state index in [9.17, 15) is 0 Å². The molecule has 1 N–H and O–H groups in total. The summed E-state index contributed by atoms with van der Waals surface area (Å²) in [6.07, 6.45) is 15.7. The maximum atomic E-state index is 9.05. The fourth-order valence-corrected chi connectivity index (χ4v) is 1.49.